The van der Waals surface area contributed by atoms with Crippen molar-refractivity contribution in [1.29, 1.82) is 0 Å². The average molecular weight is 554 g/mol. The molecule has 0 spiro atoms. The SMILES string of the molecule is CC(C)Oc1ccc(-c2cn(S(=O)(=O)c3ccccc3)c(C(=O)OCc3ccccc3)c2Br)cc1. The zero-order valence-electron chi connectivity index (χ0n) is 19.2. The highest BCUT2D eigenvalue weighted by Crippen LogP contribution is 2.36. The lowest BCUT2D eigenvalue weighted by Gasteiger charge is -2.11. The van der Waals surface area contributed by atoms with Crippen molar-refractivity contribution >= 4 is 31.9 Å². The monoisotopic (exact) mass is 553 g/mol. The summed E-state index contributed by atoms with van der Waals surface area (Å²) in [6, 6.07) is 24.4. The second-order valence-electron chi connectivity index (χ2n) is 8.07. The van der Waals surface area contributed by atoms with Crippen LogP contribution in [0.1, 0.15) is 29.9 Å². The van der Waals surface area contributed by atoms with Gasteiger partial charge in [-0.05, 0) is 65.2 Å². The number of hydrogen-bond acceptors (Lipinski definition) is 5. The smallest absolute Gasteiger partial charge is 0.357 e. The first-order chi connectivity index (χ1) is 16.8. The second kappa shape index (κ2) is 10.5. The number of carbonyl (C=O) groups is 1. The zero-order chi connectivity index (χ0) is 25.0. The van der Waals surface area contributed by atoms with Crippen LogP contribution in [0.3, 0.4) is 0 Å². The number of rotatable bonds is 8. The number of esters is 1. The number of halogens is 1. The van der Waals surface area contributed by atoms with Crippen LogP contribution in [0.25, 0.3) is 11.1 Å². The van der Waals surface area contributed by atoms with Crippen LogP contribution in [0.5, 0.6) is 5.75 Å². The fourth-order valence-electron chi connectivity index (χ4n) is 3.52. The Morgan fingerprint density at radius 3 is 2.11 bits per heavy atom. The van der Waals surface area contributed by atoms with Crippen LogP contribution in [0, 0.1) is 0 Å². The highest BCUT2D eigenvalue weighted by atomic mass is 79.9. The number of nitrogens with zero attached hydrogens (tertiary/aromatic N) is 1. The van der Waals surface area contributed by atoms with Crippen molar-refractivity contribution in [3.05, 3.63) is 107 Å². The molecule has 0 saturated carbocycles. The van der Waals surface area contributed by atoms with Crippen LogP contribution < -0.4 is 4.74 Å². The van der Waals surface area contributed by atoms with E-state index in [0.29, 0.717) is 21.3 Å². The molecule has 0 unspecified atom stereocenters. The van der Waals surface area contributed by atoms with Crippen LogP contribution >= 0.6 is 15.9 Å². The molecule has 3 aromatic carbocycles. The zero-order valence-corrected chi connectivity index (χ0v) is 21.6. The molecule has 0 atom stereocenters. The lowest BCUT2D eigenvalue weighted by atomic mass is 10.1. The molecule has 35 heavy (non-hydrogen) atoms. The van der Waals surface area contributed by atoms with E-state index in [1.807, 2.05) is 56.3 Å². The van der Waals surface area contributed by atoms with Gasteiger partial charge in [0.15, 0.2) is 5.69 Å². The van der Waals surface area contributed by atoms with Gasteiger partial charge < -0.3 is 9.47 Å². The van der Waals surface area contributed by atoms with Crippen LogP contribution in [0.15, 0.2) is 100 Å². The summed E-state index contributed by atoms with van der Waals surface area (Å²) in [4.78, 5) is 13.3. The van der Waals surface area contributed by atoms with Gasteiger partial charge in [-0.2, -0.15) is 0 Å². The molecular formula is C27H24BrNO5S. The minimum atomic E-state index is -4.07. The summed E-state index contributed by atoms with van der Waals surface area (Å²) in [7, 11) is -4.07. The van der Waals surface area contributed by atoms with Crippen LogP contribution in [-0.2, 0) is 21.4 Å². The number of benzene rings is 3. The first kappa shape index (κ1) is 24.8. The van der Waals surface area contributed by atoms with E-state index in [1.54, 1.807) is 30.3 Å². The Morgan fingerprint density at radius 2 is 1.51 bits per heavy atom. The summed E-state index contributed by atoms with van der Waals surface area (Å²) in [6.07, 6.45) is 1.46. The lowest BCUT2D eigenvalue weighted by Crippen LogP contribution is -2.19. The first-order valence-corrected chi connectivity index (χ1v) is 13.2. The van der Waals surface area contributed by atoms with Gasteiger partial charge in [-0.15, -0.1) is 0 Å². The van der Waals surface area contributed by atoms with E-state index < -0.39 is 16.0 Å². The fraction of sp³-hybridized carbons (Fsp3) is 0.148. The van der Waals surface area contributed by atoms with Crippen LogP contribution in [0.2, 0.25) is 0 Å². The van der Waals surface area contributed by atoms with Crippen molar-refractivity contribution in [1.82, 2.24) is 3.97 Å². The third-order valence-electron chi connectivity index (χ3n) is 5.15. The summed E-state index contributed by atoms with van der Waals surface area (Å²) in [5.74, 6) is -0.0649. The van der Waals surface area contributed by atoms with Gasteiger partial charge in [0.1, 0.15) is 12.4 Å². The van der Waals surface area contributed by atoms with Crippen molar-refractivity contribution in [2.24, 2.45) is 0 Å². The van der Waals surface area contributed by atoms with Crippen molar-refractivity contribution in [2.45, 2.75) is 31.5 Å². The van der Waals surface area contributed by atoms with Crippen molar-refractivity contribution < 1.29 is 22.7 Å². The highest BCUT2D eigenvalue weighted by Gasteiger charge is 2.30. The highest BCUT2D eigenvalue weighted by molar-refractivity contribution is 9.10. The summed E-state index contributed by atoms with van der Waals surface area (Å²) < 4.78 is 39.6. The quantitative estimate of drug-likeness (QED) is 0.239. The minimum absolute atomic E-state index is 0.0131. The molecule has 0 fully saturated rings. The summed E-state index contributed by atoms with van der Waals surface area (Å²) in [5.41, 5.74) is 1.93. The summed E-state index contributed by atoms with van der Waals surface area (Å²) in [5, 5.41) is 0. The summed E-state index contributed by atoms with van der Waals surface area (Å²) in [6.45, 7) is 3.89. The van der Waals surface area contributed by atoms with Crippen molar-refractivity contribution in [3.8, 4) is 16.9 Å². The maximum atomic E-state index is 13.5. The molecule has 0 radical (unpaired) electrons. The van der Waals surface area contributed by atoms with Gasteiger partial charge in [0.05, 0.1) is 15.5 Å². The van der Waals surface area contributed by atoms with E-state index in [-0.39, 0.29) is 23.3 Å². The van der Waals surface area contributed by atoms with Crippen LogP contribution in [0.4, 0.5) is 0 Å². The molecule has 6 nitrogen and oxygen atoms in total. The number of aromatic nitrogens is 1. The van der Waals surface area contributed by atoms with E-state index in [1.165, 1.54) is 18.3 Å². The Kier molecular flexibility index (Phi) is 7.42. The topological polar surface area (TPSA) is 74.6 Å². The van der Waals surface area contributed by atoms with Gasteiger partial charge in [0.2, 0.25) is 0 Å². The van der Waals surface area contributed by atoms with E-state index in [9.17, 15) is 13.2 Å². The van der Waals surface area contributed by atoms with Crippen molar-refractivity contribution in [2.75, 3.05) is 0 Å². The lowest BCUT2D eigenvalue weighted by molar-refractivity contribution is 0.0463. The average Bonchev–Trinajstić information content (AvgIpc) is 3.22. The maximum Gasteiger partial charge on any atom is 0.357 e. The molecule has 1 heterocycles. The molecule has 8 heteroatoms. The molecular weight excluding hydrogens is 530 g/mol. The number of ether oxygens (including phenoxy) is 2. The fourth-order valence-corrected chi connectivity index (χ4v) is 5.70. The molecule has 1 aromatic heterocycles. The Labute approximate surface area is 213 Å². The standard InChI is InChI=1S/C27H24BrNO5S/c1-19(2)34-22-15-13-21(14-16-22)24-17-29(35(31,32)23-11-7-4-8-12-23)26(25(24)28)27(30)33-18-20-9-5-3-6-10-20/h3-17,19H,18H2,1-2H3. The first-order valence-electron chi connectivity index (χ1n) is 11.0. The third-order valence-corrected chi connectivity index (χ3v) is 7.63. The molecule has 4 aromatic rings. The molecule has 0 saturated heterocycles. The molecule has 0 amide bonds. The molecule has 0 N–H and O–H groups in total. The van der Waals surface area contributed by atoms with Gasteiger partial charge >= 0.3 is 5.97 Å². The largest absolute Gasteiger partial charge is 0.491 e. The Morgan fingerprint density at radius 1 is 0.914 bits per heavy atom. The normalized spacial score (nSPS) is 11.4. The van der Waals surface area contributed by atoms with Gasteiger partial charge in [0.25, 0.3) is 10.0 Å². The van der Waals surface area contributed by atoms with E-state index in [4.69, 9.17) is 9.47 Å². The predicted octanol–water partition coefficient (Wildman–Crippen LogP) is 6.30. The molecule has 0 bridgehead atoms. The Bertz CT molecular complexity index is 1410. The molecule has 4 rings (SSSR count). The van der Waals surface area contributed by atoms with Gasteiger partial charge in [-0.1, -0.05) is 60.7 Å². The Hall–Kier alpha value is -3.36. The van der Waals surface area contributed by atoms with E-state index in [2.05, 4.69) is 15.9 Å². The van der Waals surface area contributed by atoms with E-state index >= 15 is 0 Å². The number of hydrogen-bond donors (Lipinski definition) is 0. The number of carbonyl (C=O) groups excluding carboxylic acids is 1. The second-order valence-corrected chi connectivity index (χ2v) is 10.7. The van der Waals surface area contributed by atoms with Gasteiger partial charge in [0, 0.05) is 11.8 Å². The summed E-state index contributed by atoms with van der Waals surface area (Å²) >= 11 is 3.47. The minimum Gasteiger partial charge on any atom is -0.491 e. The maximum absolute atomic E-state index is 13.5. The van der Waals surface area contributed by atoms with E-state index in [0.717, 1.165) is 9.54 Å². The molecule has 0 aliphatic carbocycles. The van der Waals surface area contributed by atoms with Gasteiger partial charge in [-0.25, -0.2) is 17.2 Å². The molecule has 0 aliphatic heterocycles. The van der Waals surface area contributed by atoms with Gasteiger partial charge in [-0.3, -0.25) is 0 Å². The molecule has 180 valence electrons. The predicted molar refractivity (Wildman–Crippen MR) is 138 cm³/mol. The third kappa shape index (κ3) is 5.49. The molecule has 0 aliphatic rings. The van der Waals surface area contributed by atoms with Crippen LogP contribution in [-0.4, -0.2) is 24.5 Å². The van der Waals surface area contributed by atoms with Crippen molar-refractivity contribution in [3.63, 3.8) is 0 Å². The Balaban J connectivity index is 1.77.